The number of nitrogens with one attached hydrogen (secondary N) is 1. The number of benzene rings is 3. The average Bonchev–Trinajstić information content (AvgIpc) is 3.32. The highest BCUT2D eigenvalue weighted by Gasteiger charge is 2.31. The van der Waals surface area contributed by atoms with Gasteiger partial charge in [0.1, 0.15) is 18.0 Å². The van der Waals surface area contributed by atoms with Crippen molar-refractivity contribution in [3.63, 3.8) is 0 Å². The molecule has 0 fully saturated rings. The molecule has 1 heterocycles. The number of ether oxygens (including phenoxy) is 4. The topological polar surface area (TPSA) is 121 Å². The Morgan fingerprint density at radius 1 is 0.867 bits per heavy atom. The van der Waals surface area contributed by atoms with E-state index in [1.807, 2.05) is 30.5 Å². The summed E-state index contributed by atoms with van der Waals surface area (Å²) in [5, 5.41) is 4.98. The van der Waals surface area contributed by atoms with E-state index in [2.05, 4.69) is 10.5 Å². The minimum absolute atomic E-state index is 0.0796. The molecule has 11 nitrogen and oxygen atoms in total. The number of aromatic nitrogens is 1. The molecule has 0 spiro atoms. The van der Waals surface area contributed by atoms with Gasteiger partial charge >= 0.3 is 0 Å². The fraction of sp³-hybridized carbons (Fsp3) is 0.226. The first-order valence-electron chi connectivity index (χ1n) is 13.4. The minimum atomic E-state index is -4.36. The Morgan fingerprint density at radius 2 is 1.56 bits per heavy atom. The van der Waals surface area contributed by atoms with Crippen LogP contribution in [-0.4, -0.2) is 60.1 Å². The van der Waals surface area contributed by atoms with Crippen LogP contribution in [0, 0.1) is 13.8 Å². The lowest BCUT2D eigenvalue weighted by atomic mass is 10.2. The fourth-order valence-corrected chi connectivity index (χ4v) is 6.41. The second-order valence-corrected chi connectivity index (χ2v) is 12.3. The molecule has 0 unspecified atom stereocenters. The highest BCUT2D eigenvalue weighted by atomic mass is 35.5. The molecule has 0 bridgehead atoms. The second kappa shape index (κ2) is 14.1. The van der Waals surface area contributed by atoms with E-state index in [-0.39, 0.29) is 22.1 Å². The minimum Gasteiger partial charge on any atom is -0.497 e. The standard InChI is InChI=1S/C31H32Cl2N4O7S/c1-19-13-21(20(2)37(19)22-7-10-25(32)26(33)14-22)17-34-35-31(38)18-36(27-15-23(41-3)8-11-28(27)42-4)45(39,40)24-9-12-29(43-5)30(16-24)44-6/h7-17H,18H2,1-6H3,(H,35,38)/b34-17-. The lowest BCUT2D eigenvalue weighted by Gasteiger charge is -2.26. The summed E-state index contributed by atoms with van der Waals surface area (Å²) in [6.07, 6.45) is 1.48. The van der Waals surface area contributed by atoms with Crippen LogP contribution in [0.15, 0.2) is 70.7 Å². The van der Waals surface area contributed by atoms with Gasteiger partial charge in [-0.3, -0.25) is 9.10 Å². The van der Waals surface area contributed by atoms with E-state index in [4.69, 9.17) is 42.1 Å². The number of nitrogens with zero attached hydrogens (tertiary/aromatic N) is 3. The third-order valence-electron chi connectivity index (χ3n) is 6.91. The van der Waals surface area contributed by atoms with Gasteiger partial charge in [0.2, 0.25) is 0 Å². The van der Waals surface area contributed by atoms with Crippen LogP contribution in [0.2, 0.25) is 10.0 Å². The van der Waals surface area contributed by atoms with Gasteiger partial charge in [0.15, 0.2) is 11.5 Å². The number of halogens is 2. The molecule has 14 heteroatoms. The van der Waals surface area contributed by atoms with Crippen LogP contribution in [0.3, 0.4) is 0 Å². The van der Waals surface area contributed by atoms with Crippen molar-refractivity contribution in [1.29, 1.82) is 0 Å². The maximum absolute atomic E-state index is 14.1. The van der Waals surface area contributed by atoms with Crippen LogP contribution in [-0.2, 0) is 14.8 Å². The smallest absolute Gasteiger partial charge is 0.265 e. The Hall–Kier alpha value is -4.39. The van der Waals surface area contributed by atoms with Crippen molar-refractivity contribution in [3.05, 3.63) is 87.7 Å². The summed E-state index contributed by atoms with van der Waals surface area (Å²) in [5.41, 5.74) is 5.78. The van der Waals surface area contributed by atoms with Crippen molar-refractivity contribution < 1.29 is 32.2 Å². The van der Waals surface area contributed by atoms with Gasteiger partial charge in [0.25, 0.3) is 15.9 Å². The van der Waals surface area contributed by atoms with Crippen molar-refractivity contribution in [2.75, 3.05) is 39.3 Å². The molecule has 1 N–H and O–H groups in total. The van der Waals surface area contributed by atoms with Crippen molar-refractivity contribution in [2.24, 2.45) is 5.10 Å². The normalized spacial score (nSPS) is 11.4. The molecule has 4 aromatic rings. The van der Waals surface area contributed by atoms with Gasteiger partial charge in [-0.05, 0) is 62.4 Å². The number of rotatable bonds is 12. The summed E-state index contributed by atoms with van der Waals surface area (Å²) in [6.45, 7) is 3.18. The molecule has 1 amide bonds. The Balaban J connectivity index is 1.66. The SMILES string of the molecule is COc1ccc(OC)c(N(CC(=O)N/N=C\c2cc(C)n(-c3ccc(Cl)c(Cl)c3)c2C)S(=O)(=O)c2ccc(OC)c(OC)c2)c1. The quantitative estimate of drug-likeness (QED) is 0.149. The van der Waals surface area contributed by atoms with Crippen LogP contribution in [0.5, 0.6) is 23.0 Å². The third kappa shape index (κ3) is 7.14. The van der Waals surface area contributed by atoms with Gasteiger partial charge in [-0.25, -0.2) is 13.8 Å². The molecule has 3 aromatic carbocycles. The molecule has 1 aromatic heterocycles. The number of carbonyl (C=O) groups excluding carboxylic acids is 1. The summed E-state index contributed by atoms with van der Waals surface area (Å²) >= 11 is 12.3. The first kappa shape index (κ1) is 33.5. The maximum Gasteiger partial charge on any atom is 0.265 e. The van der Waals surface area contributed by atoms with E-state index in [0.717, 1.165) is 26.9 Å². The average molecular weight is 676 g/mol. The zero-order chi connectivity index (χ0) is 32.9. The molecule has 0 radical (unpaired) electrons. The largest absolute Gasteiger partial charge is 0.497 e. The molecule has 0 saturated carbocycles. The summed E-state index contributed by atoms with van der Waals surface area (Å²) < 4.78 is 52.3. The molecule has 45 heavy (non-hydrogen) atoms. The van der Waals surface area contributed by atoms with E-state index >= 15 is 0 Å². The second-order valence-electron chi connectivity index (χ2n) is 9.62. The highest BCUT2D eigenvalue weighted by molar-refractivity contribution is 7.92. The number of amides is 1. The van der Waals surface area contributed by atoms with Crippen LogP contribution >= 0.6 is 23.2 Å². The molecule has 0 saturated heterocycles. The van der Waals surface area contributed by atoms with Crippen molar-refractivity contribution >= 4 is 51.0 Å². The molecule has 0 aliphatic rings. The Kier molecular flexibility index (Phi) is 10.5. The summed E-state index contributed by atoms with van der Waals surface area (Å²) in [7, 11) is 1.31. The lowest BCUT2D eigenvalue weighted by molar-refractivity contribution is -0.119. The van der Waals surface area contributed by atoms with Crippen LogP contribution in [0.25, 0.3) is 5.69 Å². The van der Waals surface area contributed by atoms with Gasteiger partial charge in [0.05, 0.1) is 55.3 Å². The van der Waals surface area contributed by atoms with Crippen molar-refractivity contribution in [2.45, 2.75) is 18.7 Å². The zero-order valence-corrected chi connectivity index (χ0v) is 27.7. The third-order valence-corrected chi connectivity index (χ3v) is 9.40. The number of carbonyl (C=O) groups is 1. The number of sulfonamides is 1. The van der Waals surface area contributed by atoms with Gasteiger partial charge < -0.3 is 23.5 Å². The molecular weight excluding hydrogens is 643 g/mol. The Bertz CT molecular complexity index is 1860. The lowest BCUT2D eigenvalue weighted by Crippen LogP contribution is -2.39. The molecule has 4 rings (SSSR count). The van der Waals surface area contributed by atoms with Gasteiger partial charge in [0, 0.05) is 34.8 Å². The van der Waals surface area contributed by atoms with Crippen LogP contribution in [0.4, 0.5) is 5.69 Å². The van der Waals surface area contributed by atoms with E-state index in [1.54, 1.807) is 24.3 Å². The number of anilines is 1. The number of methoxy groups -OCH3 is 4. The molecule has 238 valence electrons. The number of hydrogen-bond acceptors (Lipinski definition) is 8. The van der Waals surface area contributed by atoms with Crippen molar-refractivity contribution in [1.82, 2.24) is 9.99 Å². The molecule has 0 aliphatic heterocycles. The van der Waals surface area contributed by atoms with Crippen molar-refractivity contribution in [3.8, 4) is 28.7 Å². The first-order chi connectivity index (χ1) is 21.4. The predicted octanol–water partition coefficient (Wildman–Crippen LogP) is 5.78. The molecule has 0 atom stereocenters. The van der Waals surface area contributed by atoms with Crippen LogP contribution < -0.4 is 28.7 Å². The van der Waals surface area contributed by atoms with Gasteiger partial charge in [-0.2, -0.15) is 5.10 Å². The number of hydrogen-bond donors (Lipinski definition) is 1. The first-order valence-corrected chi connectivity index (χ1v) is 15.6. The van der Waals surface area contributed by atoms with E-state index in [1.165, 1.54) is 58.9 Å². The van der Waals surface area contributed by atoms with Crippen LogP contribution in [0.1, 0.15) is 17.0 Å². The van der Waals surface area contributed by atoms with E-state index < -0.39 is 22.5 Å². The molecule has 0 aliphatic carbocycles. The predicted molar refractivity (Wildman–Crippen MR) is 175 cm³/mol. The van der Waals surface area contributed by atoms with Gasteiger partial charge in [-0.1, -0.05) is 23.2 Å². The monoisotopic (exact) mass is 674 g/mol. The highest BCUT2D eigenvalue weighted by Crippen LogP contribution is 2.37. The molecular formula is C31H32Cl2N4O7S. The summed E-state index contributed by atoms with van der Waals surface area (Å²) in [5.74, 6) is 0.384. The zero-order valence-electron chi connectivity index (χ0n) is 25.4. The fourth-order valence-electron chi connectivity index (χ4n) is 4.67. The Morgan fingerprint density at radius 3 is 2.20 bits per heavy atom. The van der Waals surface area contributed by atoms with E-state index in [9.17, 15) is 13.2 Å². The number of aryl methyl sites for hydroxylation is 1. The Labute approximate surface area is 271 Å². The van der Waals surface area contributed by atoms with E-state index in [0.29, 0.717) is 21.5 Å². The maximum atomic E-state index is 14.1. The number of hydrazone groups is 1. The summed E-state index contributed by atoms with van der Waals surface area (Å²) in [6, 6.07) is 16.0. The summed E-state index contributed by atoms with van der Waals surface area (Å²) in [4.78, 5) is 13.1. The van der Waals surface area contributed by atoms with Gasteiger partial charge in [-0.15, -0.1) is 0 Å².